The Morgan fingerprint density at radius 2 is 0.839 bits per heavy atom. The van der Waals surface area contributed by atoms with E-state index >= 15 is 0 Å². The van der Waals surface area contributed by atoms with Crippen LogP contribution in [-0.2, 0) is 59.0 Å². The number of carbonyl (C=O) groups is 5. The van der Waals surface area contributed by atoms with Gasteiger partial charge < -0.3 is 28.4 Å². The summed E-state index contributed by atoms with van der Waals surface area (Å²) >= 11 is 0. The van der Waals surface area contributed by atoms with Gasteiger partial charge in [0.05, 0.1) is 39.4 Å². The lowest BCUT2D eigenvalue weighted by Gasteiger charge is -2.34. The number of esters is 5. The third kappa shape index (κ3) is 25.5. The van der Waals surface area contributed by atoms with Gasteiger partial charge in [0, 0.05) is 26.2 Å². The zero-order valence-corrected chi connectivity index (χ0v) is 36.9. The molecule has 0 aliphatic carbocycles. The first-order chi connectivity index (χ1) is 25.4. The molecule has 0 amide bonds. The van der Waals surface area contributed by atoms with Gasteiger partial charge in [0.2, 0.25) is 0 Å². The molecule has 1 unspecified atom stereocenters. The fourth-order valence-corrected chi connectivity index (χ4v) is 5.15. The van der Waals surface area contributed by atoms with Gasteiger partial charge in [-0.25, -0.2) is 0 Å². The molecule has 14 nitrogen and oxygen atoms in total. The highest BCUT2D eigenvalue weighted by Crippen LogP contribution is 2.16. The molecule has 0 aliphatic heterocycles. The summed E-state index contributed by atoms with van der Waals surface area (Å²) in [5.41, 5.74) is -2.97. The zero-order chi connectivity index (χ0) is 43.1. The van der Waals surface area contributed by atoms with Crippen LogP contribution in [-0.4, -0.2) is 138 Å². The Kier molecular flexibility index (Phi) is 19.6. The predicted molar refractivity (Wildman–Crippen MR) is 214 cm³/mol. The maximum absolute atomic E-state index is 13.8. The Labute approximate surface area is 335 Å². The second-order valence-corrected chi connectivity index (χ2v) is 18.9. The lowest BCUT2D eigenvalue weighted by atomic mass is 10.1. The largest absolute Gasteiger partial charge is 0.459 e. The van der Waals surface area contributed by atoms with Crippen molar-refractivity contribution < 1.29 is 52.4 Å². The number of benzene rings is 1. The van der Waals surface area contributed by atoms with Crippen molar-refractivity contribution in [3.05, 3.63) is 35.9 Å². The molecule has 0 N–H and O–H groups in total. The quantitative estimate of drug-likeness (QED) is 0.126. The lowest BCUT2D eigenvalue weighted by Crippen LogP contribution is -2.53. The number of nitrogens with zero attached hydrogens (tertiary/aromatic N) is 3. The van der Waals surface area contributed by atoms with Crippen molar-refractivity contribution in [2.45, 2.75) is 145 Å². The summed E-state index contributed by atoms with van der Waals surface area (Å²) in [6.07, 6.45) is 0. The second-order valence-electron chi connectivity index (χ2n) is 18.9. The Morgan fingerprint density at radius 3 is 1.25 bits per heavy atom. The molecule has 0 radical (unpaired) electrons. The van der Waals surface area contributed by atoms with Gasteiger partial charge in [0.15, 0.2) is 0 Å². The van der Waals surface area contributed by atoms with E-state index in [9.17, 15) is 24.0 Å². The van der Waals surface area contributed by atoms with Gasteiger partial charge in [-0.2, -0.15) is 0 Å². The Balaban J connectivity index is 3.52. The van der Waals surface area contributed by atoms with E-state index in [0.717, 1.165) is 5.56 Å². The molecule has 1 atom stereocenters. The first-order valence-corrected chi connectivity index (χ1v) is 19.3. The van der Waals surface area contributed by atoms with Crippen molar-refractivity contribution in [1.82, 2.24) is 14.7 Å². The SMILES string of the molecule is CC(C)(C)OC(=O)CN(CCN(CC(=O)OC(C)(C)C)CC(=O)OC(C)(C)C)CCN(CC(=O)OC(C)(C)C)C(COCc1ccccc1)C(=O)OC(C)(C)C. The molecule has 1 aromatic rings. The minimum Gasteiger partial charge on any atom is -0.459 e. The Morgan fingerprint density at radius 1 is 0.482 bits per heavy atom. The van der Waals surface area contributed by atoms with E-state index < -0.39 is 63.9 Å². The van der Waals surface area contributed by atoms with Gasteiger partial charge >= 0.3 is 29.8 Å². The molecule has 0 aromatic heterocycles. The summed E-state index contributed by atoms with van der Waals surface area (Å²) in [5, 5.41) is 0. The Bertz CT molecular complexity index is 1370. The number of hydrogen-bond donors (Lipinski definition) is 0. The van der Waals surface area contributed by atoms with Crippen molar-refractivity contribution in [2.24, 2.45) is 0 Å². The summed E-state index contributed by atoms with van der Waals surface area (Å²) in [6.45, 7) is 26.2. The van der Waals surface area contributed by atoms with Crippen LogP contribution in [0.2, 0.25) is 0 Å². The highest BCUT2D eigenvalue weighted by atomic mass is 16.6. The topological polar surface area (TPSA) is 150 Å². The van der Waals surface area contributed by atoms with Crippen LogP contribution in [0.25, 0.3) is 0 Å². The molecule has 0 saturated heterocycles. The van der Waals surface area contributed by atoms with Crippen molar-refractivity contribution in [3.63, 3.8) is 0 Å². The van der Waals surface area contributed by atoms with Gasteiger partial charge in [0.1, 0.15) is 34.0 Å². The van der Waals surface area contributed by atoms with E-state index in [0.29, 0.717) is 0 Å². The minimum absolute atomic E-state index is 0.0960. The van der Waals surface area contributed by atoms with Crippen LogP contribution in [0.1, 0.15) is 109 Å². The van der Waals surface area contributed by atoms with Gasteiger partial charge in [-0.1, -0.05) is 30.3 Å². The van der Waals surface area contributed by atoms with Crippen molar-refractivity contribution in [1.29, 1.82) is 0 Å². The summed E-state index contributed by atoms with van der Waals surface area (Å²) in [4.78, 5) is 71.3. The van der Waals surface area contributed by atoms with Gasteiger partial charge in [-0.3, -0.25) is 38.7 Å². The van der Waals surface area contributed by atoms with Crippen LogP contribution in [0, 0.1) is 0 Å². The number of hydrogen-bond acceptors (Lipinski definition) is 14. The molecule has 14 heteroatoms. The summed E-state index contributed by atoms with van der Waals surface area (Å²) in [6, 6.07) is 8.46. The fourth-order valence-electron chi connectivity index (χ4n) is 5.15. The summed E-state index contributed by atoms with van der Waals surface area (Å²) in [7, 11) is 0. The monoisotopic (exact) mass is 794 g/mol. The van der Waals surface area contributed by atoms with Crippen LogP contribution in [0.4, 0.5) is 0 Å². The van der Waals surface area contributed by atoms with Gasteiger partial charge in [0.25, 0.3) is 0 Å². The summed E-state index contributed by atoms with van der Waals surface area (Å²) in [5.74, 6) is -2.71. The predicted octanol–water partition coefficient (Wildman–Crippen LogP) is 5.19. The van der Waals surface area contributed by atoms with E-state index in [2.05, 4.69) is 0 Å². The maximum atomic E-state index is 13.8. The zero-order valence-electron chi connectivity index (χ0n) is 36.9. The Hall–Kier alpha value is -3.59. The van der Waals surface area contributed by atoms with Crippen LogP contribution < -0.4 is 0 Å². The molecule has 0 bridgehead atoms. The molecule has 56 heavy (non-hydrogen) atoms. The van der Waals surface area contributed by atoms with E-state index in [1.54, 1.807) is 119 Å². The van der Waals surface area contributed by atoms with E-state index in [-0.39, 0.29) is 65.6 Å². The van der Waals surface area contributed by atoms with Crippen LogP contribution in [0.3, 0.4) is 0 Å². The number of rotatable bonds is 20. The molecule has 1 rings (SSSR count). The second kappa shape index (κ2) is 21.8. The minimum atomic E-state index is -1.02. The first-order valence-electron chi connectivity index (χ1n) is 19.3. The van der Waals surface area contributed by atoms with E-state index in [1.807, 2.05) is 30.3 Å². The molecular formula is C42H71N3O11. The smallest absolute Gasteiger partial charge is 0.326 e. The van der Waals surface area contributed by atoms with E-state index in [4.69, 9.17) is 28.4 Å². The molecule has 0 aliphatic rings. The first kappa shape index (κ1) is 50.4. The average molecular weight is 794 g/mol. The van der Waals surface area contributed by atoms with Crippen LogP contribution in [0.15, 0.2) is 30.3 Å². The number of ether oxygens (including phenoxy) is 6. The third-order valence-electron chi connectivity index (χ3n) is 7.01. The highest BCUT2D eigenvalue weighted by molar-refractivity contribution is 5.78. The average Bonchev–Trinajstić information content (AvgIpc) is 2.95. The van der Waals surface area contributed by atoms with Crippen molar-refractivity contribution in [3.8, 4) is 0 Å². The maximum Gasteiger partial charge on any atom is 0.326 e. The molecule has 0 saturated carbocycles. The van der Waals surface area contributed by atoms with Crippen LogP contribution in [0.5, 0.6) is 0 Å². The normalized spacial score (nSPS) is 13.4. The number of carbonyl (C=O) groups excluding carboxylic acids is 5. The van der Waals surface area contributed by atoms with Crippen molar-refractivity contribution in [2.75, 3.05) is 59.0 Å². The third-order valence-corrected chi connectivity index (χ3v) is 7.01. The van der Waals surface area contributed by atoms with Gasteiger partial charge in [-0.15, -0.1) is 0 Å². The summed E-state index contributed by atoms with van der Waals surface area (Å²) < 4.78 is 34.3. The standard InChI is InChI=1S/C42H71N3O11/c1-38(2,3)52-33(46)25-43(21-22-44(26-34(47)53-39(4,5)6)27-35(48)54-40(7,8)9)23-24-45(28-36(49)55-41(10,11)12)32(37(50)56-42(13,14)15)30-51-29-31-19-17-16-18-20-31/h16-20,32H,21-30H2,1-15H3. The van der Waals surface area contributed by atoms with Gasteiger partial charge in [-0.05, 0) is 109 Å². The highest BCUT2D eigenvalue weighted by Gasteiger charge is 2.34. The molecule has 0 heterocycles. The van der Waals surface area contributed by atoms with E-state index in [1.165, 1.54) is 0 Å². The molecule has 0 fully saturated rings. The molecule has 0 spiro atoms. The fraction of sp³-hybridized carbons (Fsp3) is 0.738. The molecular weight excluding hydrogens is 722 g/mol. The van der Waals surface area contributed by atoms with Crippen molar-refractivity contribution >= 4 is 29.8 Å². The molecule has 1 aromatic carbocycles. The lowest BCUT2D eigenvalue weighted by molar-refractivity contribution is -0.168. The van der Waals surface area contributed by atoms with Crippen LogP contribution >= 0.6 is 0 Å². The molecule has 320 valence electrons.